The van der Waals surface area contributed by atoms with E-state index >= 15 is 0 Å². The average molecular weight is 315 g/mol. The summed E-state index contributed by atoms with van der Waals surface area (Å²) in [5, 5.41) is 13.0. The highest BCUT2D eigenvalue weighted by Crippen LogP contribution is 2.32. The first-order chi connectivity index (χ1) is 11.7. The minimum Gasteiger partial charge on any atom is -0.508 e. The number of aromatic hydroxyl groups is 1. The zero-order chi connectivity index (χ0) is 16.5. The molecule has 24 heavy (non-hydrogen) atoms. The van der Waals surface area contributed by atoms with Gasteiger partial charge in [0.05, 0.1) is 0 Å². The molecule has 0 spiro atoms. The van der Waals surface area contributed by atoms with Gasteiger partial charge in [0, 0.05) is 17.4 Å². The molecule has 0 fully saturated rings. The van der Waals surface area contributed by atoms with Crippen molar-refractivity contribution in [3.8, 4) is 17.0 Å². The van der Waals surface area contributed by atoms with Gasteiger partial charge in [-0.2, -0.15) is 0 Å². The average Bonchev–Trinajstić information content (AvgIpc) is 2.94. The van der Waals surface area contributed by atoms with Gasteiger partial charge in [-0.1, -0.05) is 18.2 Å². The van der Waals surface area contributed by atoms with Crippen molar-refractivity contribution in [1.29, 1.82) is 0 Å². The molecule has 0 aliphatic heterocycles. The van der Waals surface area contributed by atoms with Gasteiger partial charge in [0.2, 0.25) is 0 Å². The highest BCUT2D eigenvalue weighted by molar-refractivity contribution is 5.80. The summed E-state index contributed by atoms with van der Waals surface area (Å²) in [5.41, 5.74) is 4.85. The third-order valence-corrected chi connectivity index (χ3v) is 3.96. The Hall–Kier alpha value is -3.27. The first-order valence-corrected chi connectivity index (χ1v) is 7.81. The number of nitrogens with zero attached hydrogens (tertiary/aromatic N) is 2. The number of imidazole rings is 1. The quantitative estimate of drug-likeness (QED) is 0.573. The van der Waals surface area contributed by atoms with E-state index in [1.165, 1.54) is 0 Å². The van der Waals surface area contributed by atoms with Crippen molar-refractivity contribution >= 4 is 17.2 Å². The van der Waals surface area contributed by atoms with Gasteiger partial charge in [0.1, 0.15) is 22.9 Å². The molecule has 0 amide bonds. The molecular weight excluding hydrogens is 298 g/mol. The number of hydrogen-bond acceptors (Lipinski definition) is 3. The SMILES string of the molecule is Cc1ccn2c(Nc3ccccc3)c(-c3ccc(O)cc3)nc2c1. The number of aromatic nitrogens is 2. The number of nitrogens with one attached hydrogen (secondary N) is 1. The van der Waals surface area contributed by atoms with E-state index in [2.05, 4.69) is 24.4 Å². The molecular formula is C20H17N3O. The molecule has 0 saturated heterocycles. The standard InChI is InChI=1S/C20H17N3O/c1-14-11-12-23-18(13-14)22-19(15-7-9-17(24)10-8-15)20(23)21-16-5-3-2-4-6-16/h2-13,21,24H,1H3. The fraction of sp³-hybridized carbons (Fsp3) is 0.0500. The number of anilines is 2. The summed E-state index contributed by atoms with van der Waals surface area (Å²) >= 11 is 0. The van der Waals surface area contributed by atoms with Crippen LogP contribution in [0, 0.1) is 6.92 Å². The fourth-order valence-electron chi connectivity index (χ4n) is 2.74. The Bertz CT molecular complexity index is 989. The number of para-hydroxylation sites is 1. The molecule has 0 aliphatic rings. The maximum Gasteiger partial charge on any atom is 0.143 e. The lowest BCUT2D eigenvalue weighted by Gasteiger charge is -2.09. The van der Waals surface area contributed by atoms with Crippen molar-refractivity contribution in [2.24, 2.45) is 0 Å². The fourth-order valence-corrected chi connectivity index (χ4v) is 2.74. The van der Waals surface area contributed by atoms with Crippen LogP contribution in [0.2, 0.25) is 0 Å². The van der Waals surface area contributed by atoms with Crippen molar-refractivity contribution in [3.63, 3.8) is 0 Å². The molecule has 0 saturated carbocycles. The summed E-state index contributed by atoms with van der Waals surface area (Å²) in [6.45, 7) is 2.05. The van der Waals surface area contributed by atoms with Crippen LogP contribution in [0.15, 0.2) is 72.9 Å². The number of rotatable bonds is 3. The molecule has 4 aromatic rings. The third kappa shape index (κ3) is 2.58. The Morgan fingerprint density at radius 2 is 1.71 bits per heavy atom. The molecule has 4 heteroatoms. The van der Waals surface area contributed by atoms with Gasteiger partial charge in [0.15, 0.2) is 0 Å². The molecule has 0 aliphatic carbocycles. The van der Waals surface area contributed by atoms with Crippen LogP contribution in [-0.2, 0) is 0 Å². The minimum atomic E-state index is 0.246. The Balaban J connectivity index is 1.91. The predicted molar refractivity (Wildman–Crippen MR) is 96.8 cm³/mol. The molecule has 0 bridgehead atoms. The maximum atomic E-state index is 9.54. The van der Waals surface area contributed by atoms with Crippen LogP contribution in [0.5, 0.6) is 5.75 Å². The summed E-state index contributed by atoms with van der Waals surface area (Å²) in [7, 11) is 0. The Labute approximate surface area is 140 Å². The van der Waals surface area contributed by atoms with Crippen molar-refractivity contribution in [2.45, 2.75) is 6.92 Å². The number of phenolic OH excluding ortho intramolecular Hbond substituents is 1. The summed E-state index contributed by atoms with van der Waals surface area (Å²) in [5.74, 6) is 1.15. The lowest BCUT2D eigenvalue weighted by atomic mass is 10.1. The van der Waals surface area contributed by atoms with Crippen LogP contribution in [-0.4, -0.2) is 14.5 Å². The van der Waals surface area contributed by atoms with Crippen LogP contribution in [0.4, 0.5) is 11.5 Å². The highest BCUT2D eigenvalue weighted by atomic mass is 16.3. The van der Waals surface area contributed by atoms with Gasteiger partial charge >= 0.3 is 0 Å². The van der Waals surface area contributed by atoms with E-state index in [-0.39, 0.29) is 5.75 Å². The van der Waals surface area contributed by atoms with E-state index < -0.39 is 0 Å². The molecule has 0 atom stereocenters. The molecule has 4 rings (SSSR count). The highest BCUT2D eigenvalue weighted by Gasteiger charge is 2.14. The van der Waals surface area contributed by atoms with Crippen LogP contribution in [0.3, 0.4) is 0 Å². The molecule has 2 heterocycles. The molecule has 118 valence electrons. The molecule has 4 nitrogen and oxygen atoms in total. The molecule has 2 aromatic heterocycles. The van der Waals surface area contributed by atoms with E-state index in [0.29, 0.717) is 0 Å². The van der Waals surface area contributed by atoms with Crippen LogP contribution >= 0.6 is 0 Å². The van der Waals surface area contributed by atoms with E-state index in [0.717, 1.165) is 34.0 Å². The number of fused-ring (bicyclic) bond motifs is 1. The smallest absolute Gasteiger partial charge is 0.143 e. The first-order valence-electron chi connectivity index (χ1n) is 7.81. The van der Waals surface area contributed by atoms with Gasteiger partial charge in [0.25, 0.3) is 0 Å². The number of aryl methyl sites for hydroxylation is 1. The number of phenols is 1. The third-order valence-electron chi connectivity index (χ3n) is 3.96. The minimum absolute atomic E-state index is 0.246. The molecule has 2 N–H and O–H groups in total. The summed E-state index contributed by atoms with van der Waals surface area (Å²) < 4.78 is 2.04. The molecule has 0 unspecified atom stereocenters. The monoisotopic (exact) mass is 315 g/mol. The van der Waals surface area contributed by atoms with E-state index in [4.69, 9.17) is 4.98 Å². The second-order valence-corrected chi connectivity index (χ2v) is 5.78. The van der Waals surface area contributed by atoms with Gasteiger partial charge in [-0.25, -0.2) is 4.98 Å². The number of benzene rings is 2. The van der Waals surface area contributed by atoms with Crippen molar-refractivity contribution in [1.82, 2.24) is 9.38 Å². The van der Waals surface area contributed by atoms with E-state index in [1.54, 1.807) is 12.1 Å². The predicted octanol–water partition coefficient (Wildman–Crippen LogP) is 4.76. The van der Waals surface area contributed by atoms with Crippen molar-refractivity contribution in [2.75, 3.05) is 5.32 Å². The van der Waals surface area contributed by atoms with Crippen LogP contribution in [0.1, 0.15) is 5.56 Å². The summed E-state index contributed by atoms with van der Waals surface area (Å²) in [6.07, 6.45) is 2.02. The molecule has 2 aromatic carbocycles. The zero-order valence-corrected chi connectivity index (χ0v) is 13.3. The molecule has 0 radical (unpaired) electrons. The van der Waals surface area contributed by atoms with Gasteiger partial charge < -0.3 is 10.4 Å². The van der Waals surface area contributed by atoms with E-state index in [9.17, 15) is 5.11 Å². The van der Waals surface area contributed by atoms with Gasteiger partial charge in [-0.05, 0) is 61.0 Å². The van der Waals surface area contributed by atoms with Crippen molar-refractivity contribution < 1.29 is 5.11 Å². The lowest BCUT2D eigenvalue weighted by molar-refractivity contribution is 0.475. The summed E-state index contributed by atoms with van der Waals surface area (Å²) in [6, 6.07) is 21.2. The second-order valence-electron chi connectivity index (χ2n) is 5.78. The summed E-state index contributed by atoms with van der Waals surface area (Å²) in [4.78, 5) is 4.79. The number of hydrogen-bond donors (Lipinski definition) is 2. The van der Waals surface area contributed by atoms with E-state index in [1.807, 2.05) is 53.1 Å². The topological polar surface area (TPSA) is 49.6 Å². The van der Waals surface area contributed by atoms with Crippen LogP contribution in [0.25, 0.3) is 16.9 Å². The van der Waals surface area contributed by atoms with Crippen molar-refractivity contribution in [3.05, 3.63) is 78.5 Å². The Morgan fingerprint density at radius 3 is 2.46 bits per heavy atom. The van der Waals surface area contributed by atoms with Gasteiger partial charge in [-0.3, -0.25) is 4.40 Å². The first kappa shape index (κ1) is 14.3. The normalized spacial score (nSPS) is 10.9. The Kier molecular flexibility index (Phi) is 3.43. The second kappa shape index (κ2) is 5.74. The maximum absolute atomic E-state index is 9.54. The number of pyridine rings is 1. The van der Waals surface area contributed by atoms with Gasteiger partial charge in [-0.15, -0.1) is 0 Å². The lowest BCUT2D eigenvalue weighted by Crippen LogP contribution is -1.96. The Morgan fingerprint density at radius 1 is 0.958 bits per heavy atom. The zero-order valence-electron chi connectivity index (χ0n) is 13.3. The largest absolute Gasteiger partial charge is 0.508 e. The van der Waals surface area contributed by atoms with Crippen LogP contribution < -0.4 is 5.32 Å².